The normalized spacial score (nSPS) is 11.0. The van der Waals surface area contributed by atoms with Crippen LogP contribution >= 0.6 is 0 Å². The van der Waals surface area contributed by atoms with Crippen molar-refractivity contribution in [2.24, 2.45) is 0 Å². The Morgan fingerprint density at radius 1 is 1.00 bits per heavy atom. The van der Waals surface area contributed by atoms with Crippen LogP contribution in [0.4, 0.5) is 0 Å². The van der Waals surface area contributed by atoms with Gasteiger partial charge in [0.05, 0.1) is 7.11 Å². The molecule has 0 fully saturated rings. The molecule has 6 nitrogen and oxygen atoms in total. The van der Waals surface area contributed by atoms with Gasteiger partial charge in [-0.05, 0) is 49.2 Å². The van der Waals surface area contributed by atoms with Gasteiger partial charge >= 0.3 is 0 Å². The maximum atomic E-state index is 12.6. The average molecular weight is 382 g/mol. The number of carbonyl (C=O) groups is 2. The topological polar surface area (TPSA) is 76.7 Å². The highest BCUT2D eigenvalue weighted by Gasteiger charge is 2.14. The monoisotopic (exact) mass is 382 g/mol. The number of aryl methyl sites for hydroxylation is 1. The van der Waals surface area contributed by atoms with Gasteiger partial charge in [0.1, 0.15) is 11.4 Å². The molecule has 2 aromatic carbocycles. The summed E-state index contributed by atoms with van der Waals surface area (Å²) in [5.41, 5.74) is 2.49. The van der Waals surface area contributed by atoms with E-state index in [2.05, 4.69) is 10.6 Å². The fraction of sp³-hybridized carbons (Fsp3) is 0.273. The van der Waals surface area contributed by atoms with Gasteiger partial charge in [-0.25, -0.2) is 0 Å². The second kappa shape index (κ2) is 10.9. The fourth-order valence-corrected chi connectivity index (χ4v) is 2.44. The number of methoxy groups -OCH3 is 2. The molecule has 0 aliphatic carbocycles. The molecule has 0 atom stereocenters. The summed E-state index contributed by atoms with van der Waals surface area (Å²) >= 11 is 0. The molecule has 2 rings (SSSR count). The van der Waals surface area contributed by atoms with E-state index < -0.39 is 0 Å². The van der Waals surface area contributed by atoms with Gasteiger partial charge in [-0.3, -0.25) is 9.59 Å². The molecule has 0 saturated heterocycles. The molecule has 2 aromatic rings. The third kappa shape index (κ3) is 6.55. The average Bonchev–Trinajstić information content (AvgIpc) is 2.71. The van der Waals surface area contributed by atoms with Gasteiger partial charge in [0.2, 0.25) is 0 Å². The predicted molar refractivity (Wildman–Crippen MR) is 109 cm³/mol. The fourth-order valence-electron chi connectivity index (χ4n) is 2.44. The van der Waals surface area contributed by atoms with Crippen LogP contribution in [0.3, 0.4) is 0 Å². The van der Waals surface area contributed by atoms with Gasteiger partial charge in [-0.2, -0.15) is 0 Å². The number of ether oxygens (including phenoxy) is 2. The minimum Gasteiger partial charge on any atom is -0.497 e. The summed E-state index contributed by atoms with van der Waals surface area (Å²) in [6.45, 7) is 2.95. The summed E-state index contributed by atoms with van der Waals surface area (Å²) in [7, 11) is 3.20. The first-order valence-corrected chi connectivity index (χ1v) is 9.04. The van der Waals surface area contributed by atoms with Crippen LogP contribution in [0.1, 0.15) is 27.9 Å². The summed E-state index contributed by atoms with van der Waals surface area (Å²) in [5.74, 6) is 0.0191. The molecule has 0 aromatic heterocycles. The van der Waals surface area contributed by atoms with Crippen molar-refractivity contribution in [1.82, 2.24) is 10.6 Å². The zero-order valence-corrected chi connectivity index (χ0v) is 16.5. The van der Waals surface area contributed by atoms with Gasteiger partial charge in [0.15, 0.2) is 0 Å². The molecule has 0 bridgehead atoms. The molecule has 0 aliphatic rings. The lowest BCUT2D eigenvalue weighted by Gasteiger charge is -2.11. The first-order chi connectivity index (χ1) is 13.5. The van der Waals surface area contributed by atoms with Crippen molar-refractivity contribution in [2.75, 3.05) is 27.4 Å². The van der Waals surface area contributed by atoms with E-state index in [1.165, 1.54) is 0 Å². The van der Waals surface area contributed by atoms with Crippen molar-refractivity contribution in [1.29, 1.82) is 0 Å². The molecule has 0 aliphatic heterocycles. The standard InChI is InChI=1S/C22H26N2O4/c1-16-5-9-18(10-6-16)21(25)24-20(22(26)23-13-4-14-27-2)15-17-7-11-19(28-3)12-8-17/h5-12,15H,4,13-14H2,1-3H3,(H,23,26)(H,24,25)/b20-15-. The van der Waals surface area contributed by atoms with Crippen LogP contribution in [0.25, 0.3) is 6.08 Å². The number of nitrogens with one attached hydrogen (secondary N) is 2. The third-order valence-electron chi connectivity index (χ3n) is 4.04. The molecule has 0 spiro atoms. The Kier molecular flexibility index (Phi) is 8.24. The molecule has 0 unspecified atom stereocenters. The van der Waals surface area contributed by atoms with Crippen molar-refractivity contribution in [2.45, 2.75) is 13.3 Å². The summed E-state index contributed by atoms with van der Waals surface area (Å²) in [4.78, 5) is 25.2. The quantitative estimate of drug-likeness (QED) is 0.516. The van der Waals surface area contributed by atoms with Gasteiger partial charge in [0.25, 0.3) is 11.8 Å². The largest absolute Gasteiger partial charge is 0.497 e. The molecule has 28 heavy (non-hydrogen) atoms. The number of carbonyl (C=O) groups excluding carboxylic acids is 2. The lowest BCUT2D eigenvalue weighted by atomic mass is 10.1. The molecule has 2 amide bonds. The van der Waals surface area contributed by atoms with E-state index in [0.29, 0.717) is 30.9 Å². The van der Waals surface area contributed by atoms with Gasteiger partial charge in [0, 0.05) is 25.8 Å². The van der Waals surface area contributed by atoms with Crippen molar-refractivity contribution in [3.63, 3.8) is 0 Å². The van der Waals surface area contributed by atoms with Crippen LogP contribution in [0.15, 0.2) is 54.2 Å². The first-order valence-electron chi connectivity index (χ1n) is 9.04. The minimum absolute atomic E-state index is 0.174. The number of hydrogen-bond donors (Lipinski definition) is 2. The number of amides is 2. The van der Waals surface area contributed by atoms with Gasteiger partial charge < -0.3 is 20.1 Å². The van der Waals surface area contributed by atoms with Gasteiger partial charge in [-0.1, -0.05) is 29.8 Å². The molecule has 2 N–H and O–H groups in total. The second-order valence-corrected chi connectivity index (χ2v) is 6.25. The van der Waals surface area contributed by atoms with Crippen molar-refractivity contribution in [3.8, 4) is 5.75 Å². The summed E-state index contributed by atoms with van der Waals surface area (Å²) in [6.07, 6.45) is 2.32. The van der Waals surface area contributed by atoms with E-state index in [1.807, 2.05) is 31.2 Å². The van der Waals surface area contributed by atoms with Crippen LogP contribution in [0, 0.1) is 6.92 Å². The molecule has 6 heteroatoms. The molecule has 0 radical (unpaired) electrons. The first kappa shape index (κ1) is 21.2. The summed E-state index contributed by atoms with van der Waals surface area (Å²) < 4.78 is 10.1. The minimum atomic E-state index is -0.354. The van der Waals surface area contributed by atoms with E-state index >= 15 is 0 Å². The Balaban J connectivity index is 2.18. The molecular formula is C22H26N2O4. The smallest absolute Gasteiger partial charge is 0.267 e. The predicted octanol–water partition coefficient (Wildman–Crippen LogP) is 2.93. The molecule has 0 saturated carbocycles. The van der Waals surface area contributed by atoms with E-state index in [0.717, 1.165) is 11.1 Å². The van der Waals surface area contributed by atoms with E-state index in [4.69, 9.17) is 9.47 Å². The summed E-state index contributed by atoms with van der Waals surface area (Å²) in [5, 5.41) is 5.52. The maximum absolute atomic E-state index is 12.6. The Labute approximate surface area is 165 Å². The highest BCUT2D eigenvalue weighted by molar-refractivity contribution is 6.05. The van der Waals surface area contributed by atoms with Crippen molar-refractivity contribution < 1.29 is 19.1 Å². The lowest BCUT2D eigenvalue weighted by molar-refractivity contribution is -0.117. The van der Waals surface area contributed by atoms with Crippen LogP contribution < -0.4 is 15.4 Å². The second-order valence-electron chi connectivity index (χ2n) is 6.25. The Hall–Kier alpha value is -3.12. The van der Waals surface area contributed by atoms with Crippen LogP contribution in [0.2, 0.25) is 0 Å². The number of hydrogen-bond acceptors (Lipinski definition) is 4. The van der Waals surface area contributed by atoms with Crippen molar-refractivity contribution in [3.05, 3.63) is 70.9 Å². The number of rotatable bonds is 9. The SMILES string of the molecule is COCCCNC(=O)/C(=C/c1ccc(OC)cc1)NC(=O)c1ccc(C)cc1. The maximum Gasteiger partial charge on any atom is 0.267 e. The zero-order chi connectivity index (χ0) is 20.4. The van der Waals surface area contributed by atoms with Crippen LogP contribution in [-0.2, 0) is 9.53 Å². The third-order valence-corrected chi connectivity index (χ3v) is 4.04. The van der Waals surface area contributed by atoms with Crippen molar-refractivity contribution >= 4 is 17.9 Å². The van der Waals surface area contributed by atoms with Gasteiger partial charge in [-0.15, -0.1) is 0 Å². The Morgan fingerprint density at radius 2 is 1.68 bits per heavy atom. The van der Waals surface area contributed by atoms with E-state index in [-0.39, 0.29) is 17.5 Å². The Bertz CT molecular complexity index is 811. The van der Waals surface area contributed by atoms with Crippen LogP contribution in [0.5, 0.6) is 5.75 Å². The van der Waals surface area contributed by atoms with E-state index in [9.17, 15) is 9.59 Å². The van der Waals surface area contributed by atoms with E-state index in [1.54, 1.807) is 44.6 Å². The Morgan fingerprint density at radius 3 is 2.29 bits per heavy atom. The summed E-state index contributed by atoms with van der Waals surface area (Å²) in [6, 6.07) is 14.4. The lowest BCUT2D eigenvalue weighted by Crippen LogP contribution is -2.35. The highest BCUT2D eigenvalue weighted by Crippen LogP contribution is 2.14. The zero-order valence-electron chi connectivity index (χ0n) is 16.5. The highest BCUT2D eigenvalue weighted by atomic mass is 16.5. The molecule has 0 heterocycles. The molecular weight excluding hydrogens is 356 g/mol. The number of benzene rings is 2. The van der Waals surface area contributed by atoms with Crippen LogP contribution in [-0.4, -0.2) is 39.2 Å². The molecule has 148 valence electrons.